The first kappa shape index (κ1) is 22.2. The summed E-state index contributed by atoms with van der Waals surface area (Å²) in [6.45, 7) is 0.477. The smallest absolute Gasteiger partial charge is 0.253 e. The van der Waals surface area contributed by atoms with E-state index in [1.165, 1.54) is 0 Å². The third kappa shape index (κ3) is 4.87. The molecule has 0 bridgehead atoms. The van der Waals surface area contributed by atoms with Crippen molar-refractivity contribution in [2.45, 2.75) is 31.2 Å². The molecule has 1 saturated carbocycles. The highest BCUT2D eigenvalue weighted by atomic mass is 35.5. The summed E-state index contributed by atoms with van der Waals surface area (Å²) in [5, 5.41) is 3.13. The van der Waals surface area contributed by atoms with E-state index in [0.29, 0.717) is 12.1 Å². The van der Waals surface area contributed by atoms with Crippen LogP contribution < -0.4 is 15.8 Å². The lowest BCUT2D eigenvalue weighted by molar-refractivity contribution is 0.0903. The normalized spacial score (nSPS) is 14.7. The number of ether oxygens (including phenoxy) is 1. The molecule has 1 aromatic carbocycles. The molecule has 1 fully saturated rings. The van der Waals surface area contributed by atoms with Gasteiger partial charge in [0.1, 0.15) is 5.75 Å². The minimum Gasteiger partial charge on any atom is -0.497 e. The summed E-state index contributed by atoms with van der Waals surface area (Å²) < 4.78 is 5.17. The highest BCUT2D eigenvalue weighted by molar-refractivity contribution is 5.95. The molecule has 142 valence electrons. The van der Waals surface area contributed by atoms with Crippen molar-refractivity contribution in [2.24, 2.45) is 5.73 Å². The maximum absolute atomic E-state index is 12.6. The van der Waals surface area contributed by atoms with Gasteiger partial charge >= 0.3 is 0 Å². The Labute approximate surface area is 166 Å². The van der Waals surface area contributed by atoms with Crippen molar-refractivity contribution >= 4 is 30.7 Å². The van der Waals surface area contributed by atoms with Gasteiger partial charge in [0, 0.05) is 24.5 Å². The van der Waals surface area contributed by atoms with Gasteiger partial charge in [-0.25, -0.2) is 0 Å². The summed E-state index contributed by atoms with van der Waals surface area (Å²) in [6.07, 6.45) is 7.47. The van der Waals surface area contributed by atoms with E-state index >= 15 is 0 Å². The fourth-order valence-electron chi connectivity index (χ4n) is 3.25. The zero-order valence-corrected chi connectivity index (χ0v) is 16.4. The minimum atomic E-state index is -0.257. The van der Waals surface area contributed by atoms with Crippen LogP contribution in [-0.4, -0.2) is 30.1 Å². The van der Waals surface area contributed by atoms with Crippen molar-refractivity contribution in [3.8, 4) is 16.9 Å². The fraction of sp³-hybridized carbons (Fsp3) is 0.368. The van der Waals surface area contributed by atoms with Crippen LogP contribution in [0.4, 0.5) is 0 Å². The monoisotopic (exact) mass is 397 g/mol. The van der Waals surface area contributed by atoms with Crippen molar-refractivity contribution in [3.63, 3.8) is 0 Å². The Kier molecular flexibility index (Phi) is 8.34. The topological polar surface area (TPSA) is 77.2 Å². The highest BCUT2D eigenvalue weighted by Crippen LogP contribution is 2.29. The summed E-state index contributed by atoms with van der Waals surface area (Å²) in [5.41, 5.74) is 8.10. The summed E-state index contributed by atoms with van der Waals surface area (Å²) in [5.74, 6) is 0.692. The van der Waals surface area contributed by atoms with Crippen molar-refractivity contribution < 1.29 is 9.53 Å². The van der Waals surface area contributed by atoms with Gasteiger partial charge in [0.25, 0.3) is 5.91 Å². The van der Waals surface area contributed by atoms with Gasteiger partial charge in [0.05, 0.1) is 18.2 Å². The van der Waals surface area contributed by atoms with Gasteiger partial charge < -0.3 is 15.8 Å². The Morgan fingerprint density at radius 2 is 1.81 bits per heavy atom. The summed E-state index contributed by atoms with van der Waals surface area (Å²) in [4.78, 5) is 16.8. The van der Waals surface area contributed by atoms with Gasteiger partial charge in [-0.05, 0) is 36.6 Å². The van der Waals surface area contributed by atoms with Crippen LogP contribution in [0.1, 0.15) is 36.0 Å². The van der Waals surface area contributed by atoms with E-state index in [2.05, 4.69) is 10.3 Å². The molecule has 1 aliphatic carbocycles. The second-order valence-corrected chi connectivity index (χ2v) is 6.34. The summed E-state index contributed by atoms with van der Waals surface area (Å²) >= 11 is 0. The van der Waals surface area contributed by atoms with Crippen molar-refractivity contribution in [2.75, 3.05) is 13.7 Å². The molecular weight excluding hydrogens is 373 g/mol. The molecule has 1 amide bonds. The van der Waals surface area contributed by atoms with Crippen LogP contribution in [0.5, 0.6) is 5.75 Å². The van der Waals surface area contributed by atoms with Gasteiger partial charge in [-0.2, -0.15) is 0 Å². The predicted molar refractivity (Wildman–Crippen MR) is 108 cm³/mol. The Morgan fingerprint density at radius 1 is 1.15 bits per heavy atom. The zero-order chi connectivity index (χ0) is 17.0. The average Bonchev–Trinajstić information content (AvgIpc) is 3.11. The van der Waals surface area contributed by atoms with E-state index in [1.54, 1.807) is 19.5 Å². The Morgan fingerprint density at radius 3 is 2.38 bits per heavy atom. The third-order valence-corrected chi connectivity index (χ3v) is 4.75. The molecule has 7 heteroatoms. The number of aromatic nitrogens is 1. The Balaban J connectivity index is 0.00000169. The van der Waals surface area contributed by atoms with Crippen LogP contribution in [-0.2, 0) is 0 Å². The Hall–Kier alpha value is -1.82. The van der Waals surface area contributed by atoms with E-state index in [4.69, 9.17) is 10.5 Å². The van der Waals surface area contributed by atoms with Crippen LogP contribution in [0, 0.1) is 0 Å². The lowest BCUT2D eigenvalue weighted by Gasteiger charge is -2.28. The van der Waals surface area contributed by atoms with Crippen LogP contribution in [0.25, 0.3) is 11.1 Å². The summed E-state index contributed by atoms with van der Waals surface area (Å²) in [7, 11) is 1.64. The first-order valence-electron chi connectivity index (χ1n) is 8.28. The van der Waals surface area contributed by atoms with E-state index in [1.807, 2.05) is 30.3 Å². The van der Waals surface area contributed by atoms with Crippen LogP contribution >= 0.6 is 24.8 Å². The largest absolute Gasteiger partial charge is 0.497 e. The number of benzene rings is 1. The molecule has 0 spiro atoms. The first-order valence-corrected chi connectivity index (χ1v) is 8.28. The molecule has 0 radical (unpaired) electrons. The number of nitrogens with two attached hydrogens (primary N) is 1. The SMILES string of the molecule is COc1ccc(-c2cncc(C(=O)NC3(CN)CCCC3)c2)cc1.Cl.Cl. The van der Waals surface area contributed by atoms with Crippen molar-refractivity contribution in [3.05, 3.63) is 48.3 Å². The van der Waals surface area contributed by atoms with E-state index in [0.717, 1.165) is 42.6 Å². The molecule has 3 N–H and O–H groups in total. The average molecular weight is 398 g/mol. The number of pyridine rings is 1. The maximum Gasteiger partial charge on any atom is 0.253 e. The summed E-state index contributed by atoms with van der Waals surface area (Å²) in [6, 6.07) is 9.56. The number of amides is 1. The molecular formula is C19H25Cl2N3O2. The lowest BCUT2D eigenvalue weighted by atomic mass is 9.97. The minimum absolute atomic E-state index is 0. The Bertz CT molecular complexity index is 717. The van der Waals surface area contributed by atoms with Crippen molar-refractivity contribution in [1.29, 1.82) is 0 Å². The maximum atomic E-state index is 12.6. The highest BCUT2D eigenvalue weighted by Gasteiger charge is 2.34. The molecule has 5 nitrogen and oxygen atoms in total. The molecule has 0 saturated heterocycles. The molecule has 0 unspecified atom stereocenters. The molecule has 2 aromatic rings. The van der Waals surface area contributed by atoms with Crippen LogP contribution in [0.3, 0.4) is 0 Å². The van der Waals surface area contributed by atoms with Crippen LogP contribution in [0.2, 0.25) is 0 Å². The number of carbonyl (C=O) groups is 1. The zero-order valence-electron chi connectivity index (χ0n) is 14.7. The molecule has 1 heterocycles. The number of nitrogens with zero attached hydrogens (tertiary/aromatic N) is 1. The first-order chi connectivity index (χ1) is 11.7. The number of methoxy groups -OCH3 is 1. The number of halogens is 2. The fourth-order valence-corrected chi connectivity index (χ4v) is 3.25. The number of nitrogens with one attached hydrogen (secondary N) is 1. The lowest BCUT2D eigenvalue weighted by Crippen LogP contribution is -2.51. The van der Waals surface area contributed by atoms with Gasteiger partial charge in [-0.1, -0.05) is 25.0 Å². The van der Waals surface area contributed by atoms with Crippen LogP contribution in [0.15, 0.2) is 42.7 Å². The van der Waals surface area contributed by atoms with Crippen molar-refractivity contribution in [1.82, 2.24) is 10.3 Å². The molecule has 1 aliphatic rings. The van der Waals surface area contributed by atoms with Gasteiger partial charge in [-0.15, -0.1) is 24.8 Å². The van der Waals surface area contributed by atoms with E-state index < -0.39 is 0 Å². The quantitative estimate of drug-likeness (QED) is 0.807. The molecule has 26 heavy (non-hydrogen) atoms. The molecule has 0 atom stereocenters. The number of hydrogen-bond donors (Lipinski definition) is 2. The molecule has 0 aliphatic heterocycles. The number of carbonyl (C=O) groups excluding carboxylic acids is 1. The third-order valence-electron chi connectivity index (χ3n) is 4.75. The second kappa shape index (κ2) is 9.76. The molecule has 1 aromatic heterocycles. The molecule has 3 rings (SSSR count). The second-order valence-electron chi connectivity index (χ2n) is 6.34. The standard InChI is InChI=1S/C19H23N3O2.2ClH/c1-24-17-6-4-14(5-7-17)15-10-16(12-21-11-15)18(23)22-19(13-20)8-2-3-9-19;;/h4-7,10-12H,2-3,8-9,13,20H2,1H3,(H,22,23);2*1H. The predicted octanol–water partition coefficient (Wildman–Crippen LogP) is 3.60. The number of rotatable bonds is 5. The van der Waals surface area contributed by atoms with Gasteiger partial charge in [0.15, 0.2) is 0 Å². The van der Waals surface area contributed by atoms with Gasteiger partial charge in [0.2, 0.25) is 0 Å². The van der Waals surface area contributed by atoms with E-state index in [9.17, 15) is 4.79 Å². The number of hydrogen-bond acceptors (Lipinski definition) is 4. The van der Waals surface area contributed by atoms with Gasteiger partial charge in [-0.3, -0.25) is 9.78 Å². The van der Waals surface area contributed by atoms with E-state index in [-0.39, 0.29) is 36.3 Å².